The van der Waals surface area contributed by atoms with Crippen LogP contribution in [0, 0.1) is 0 Å². The molecule has 2 aromatic carbocycles. The van der Waals surface area contributed by atoms with Gasteiger partial charge >= 0.3 is 0 Å². The highest BCUT2D eigenvalue weighted by atomic mass is 35.5. The minimum atomic E-state index is -0.164. The Morgan fingerprint density at radius 2 is 1.67 bits per heavy atom. The van der Waals surface area contributed by atoms with Crippen molar-refractivity contribution in [3.8, 4) is 0 Å². The zero-order valence-electron chi connectivity index (χ0n) is 18.1. The Morgan fingerprint density at radius 1 is 0.970 bits per heavy atom. The summed E-state index contributed by atoms with van der Waals surface area (Å²) in [4.78, 5) is 29.3. The molecule has 0 N–H and O–H groups in total. The number of piperazine rings is 1. The number of rotatable bonds is 4. The van der Waals surface area contributed by atoms with Crippen molar-refractivity contribution in [2.24, 2.45) is 0 Å². The van der Waals surface area contributed by atoms with Crippen LogP contribution in [0.15, 0.2) is 54.6 Å². The van der Waals surface area contributed by atoms with Crippen molar-refractivity contribution < 1.29 is 14.3 Å². The first-order valence-electron chi connectivity index (χ1n) is 11.0. The average Bonchev–Trinajstić information content (AvgIpc) is 3.29. The monoisotopic (exact) mass is 465 g/mol. The average molecular weight is 466 g/mol. The van der Waals surface area contributed by atoms with E-state index in [4.69, 9.17) is 16.3 Å². The van der Waals surface area contributed by atoms with Gasteiger partial charge in [-0.1, -0.05) is 59.3 Å². The first-order chi connectivity index (χ1) is 16.1. The van der Waals surface area contributed by atoms with Gasteiger partial charge in [0.2, 0.25) is 5.91 Å². The lowest BCUT2D eigenvalue weighted by Gasteiger charge is -2.34. The molecule has 0 saturated carbocycles. The maximum absolute atomic E-state index is 13.1. The number of aromatic nitrogens is 3. The van der Waals surface area contributed by atoms with Crippen LogP contribution in [0.4, 0.5) is 0 Å². The Hall–Kier alpha value is -3.23. The summed E-state index contributed by atoms with van der Waals surface area (Å²) >= 11 is 5.91. The highest BCUT2D eigenvalue weighted by Crippen LogP contribution is 2.27. The molecule has 0 bridgehead atoms. The number of benzene rings is 2. The fourth-order valence-electron chi connectivity index (χ4n) is 4.24. The molecule has 9 heteroatoms. The number of carbonyl (C=O) groups excluding carboxylic acids is 2. The Labute approximate surface area is 196 Å². The molecule has 5 rings (SSSR count). The third kappa shape index (κ3) is 4.62. The second-order valence-electron chi connectivity index (χ2n) is 8.25. The van der Waals surface area contributed by atoms with E-state index in [0.29, 0.717) is 55.6 Å². The smallest absolute Gasteiger partial charge is 0.276 e. The van der Waals surface area contributed by atoms with Crippen LogP contribution in [0.2, 0.25) is 5.02 Å². The van der Waals surface area contributed by atoms with Gasteiger partial charge in [0.05, 0.1) is 25.3 Å². The molecule has 0 aliphatic carbocycles. The van der Waals surface area contributed by atoms with Gasteiger partial charge in [0.25, 0.3) is 5.91 Å². The summed E-state index contributed by atoms with van der Waals surface area (Å²) in [6.07, 6.45) is 0.210. The van der Waals surface area contributed by atoms with Crippen LogP contribution in [0.25, 0.3) is 0 Å². The second-order valence-corrected chi connectivity index (χ2v) is 8.69. The molecule has 2 aliphatic rings. The van der Waals surface area contributed by atoms with Crippen molar-refractivity contribution in [3.05, 3.63) is 82.1 Å². The zero-order valence-corrected chi connectivity index (χ0v) is 18.8. The van der Waals surface area contributed by atoms with E-state index >= 15 is 0 Å². The van der Waals surface area contributed by atoms with Crippen LogP contribution in [0.5, 0.6) is 0 Å². The van der Waals surface area contributed by atoms with Gasteiger partial charge in [-0.05, 0) is 23.3 Å². The molecule has 170 valence electrons. The number of ether oxygens (including phenoxy) is 1. The van der Waals surface area contributed by atoms with Crippen LogP contribution in [0.3, 0.4) is 0 Å². The molecule has 1 unspecified atom stereocenters. The van der Waals surface area contributed by atoms with E-state index in [9.17, 15) is 9.59 Å². The second kappa shape index (κ2) is 9.33. The van der Waals surface area contributed by atoms with Gasteiger partial charge in [0.15, 0.2) is 5.69 Å². The molecule has 8 nitrogen and oxygen atoms in total. The summed E-state index contributed by atoms with van der Waals surface area (Å²) in [5.74, 6) is -0.117. The number of carbonyl (C=O) groups is 2. The van der Waals surface area contributed by atoms with Crippen LogP contribution < -0.4 is 0 Å². The molecule has 1 atom stereocenters. The van der Waals surface area contributed by atoms with Crippen LogP contribution in [-0.2, 0) is 29.1 Å². The minimum Gasteiger partial charge on any atom is -0.365 e. The molecule has 3 aromatic rings. The van der Waals surface area contributed by atoms with Crippen molar-refractivity contribution in [3.63, 3.8) is 0 Å². The van der Waals surface area contributed by atoms with Crippen molar-refractivity contribution in [2.75, 3.05) is 26.2 Å². The number of halogens is 1. The minimum absolute atomic E-state index is 0.0470. The number of nitrogens with zero attached hydrogens (tertiary/aromatic N) is 5. The predicted octanol–water partition coefficient (Wildman–Crippen LogP) is 2.73. The Morgan fingerprint density at radius 3 is 2.39 bits per heavy atom. The third-order valence-electron chi connectivity index (χ3n) is 6.16. The number of fused-ring (bicyclic) bond motifs is 1. The first-order valence-corrected chi connectivity index (χ1v) is 11.4. The molecular weight excluding hydrogens is 442 g/mol. The summed E-state index contributed by atoms with van der Waals surface area (Å²) in [6, 6.07) is 17.2. The van der Waals surface area contributed by atoms with Crippen LogP contribution in [0.1, 0.15) is 33.4 Å². The van der Waals surface area contributed by atoms with Gasteiger partial charge in [0, 0.05) is 31.2 Å². The van der Waals surface area contributed by atoms with Crippen molar-refractivity contribution in [1.82, 2.24) is 24.8 Å². The fourth-order valence-corrected chi connectivity index (χ4v) is 4.37. The molecule has 1 fully saturated rings. The lowest BCUT2D eigenvalue weighted by atomic mass is 10.1. The van der Waals surface area contributed by atoms with E-state index < -0.39 is 0 Å². The lowest BCUT2D eigenvalue weighted by Crippen LogP contribution is -2.51. The summed E-state index contributed by atoms with van der Waals surface area (Å²) in [5.41, 5.74) is 3.04. The lowest BCUT2D eigenvalue weighted by molar-refractivity contribution is -0.131. The molecule has 0 spiro atoms. The normalized spacial score (nSPS) is 18.2. The van der Waals surface area contributed by atoms with Gasteiger partial charge in [0.1, 0.15) is 6.10 Å². The maximum Gasteiger partial charge on any atom is 0.276 e. The molecular formula is C24H24ClN5O3. The SMILES string of the molecule is O=C(Cc1ccc(Cl)cc1)N1CCN(C(=O)c2nnn3c2COC(c2ccccc2)C3)CC1. The Kier molecular flexibility index (Phi) is 6.11. The molecule has 33 heavy (non-hydrogen) atoms. The standard InChI is InChI=1S/C24H24ClN5O3/c25-19-8-6-17(7-9-19)14-22(31)28-10-12-29(13-11-28)24(32)23-20-16-33-21(15-30(20)27-26-23)18-4-2-1-3-5-18/h1-9,21H,10-16H2. The quantitative estimate of drug-likeness (QED) is 0.592. The molecule has 3 heterocycles. The number of hydrogen-bond donors (Lipinski definition) is 0. The topological polar surface area (TPSA) is 80.6 Å². The van der Waals surface area contributed by atoms with E-state index in [1.165, 1.54) is 0 Å². The van der Waals surface area contributed by atoms with Gasteiger partial charge in [-0.2, -0.15) is 0 Å². The van der Waals surface area contributed by atoms with E-state index in [0.717, 1.165) is 11.1 Å². The van der Waals surface area contributed by atoms with E-state index in [-0.39, 0.29) is 24.5 Å². The van der Waals surface area contributed by atoms with E-state index in [1.807, 2.05) is 42.5 Å². The third-order valence-corrected chi connectivity index (χ3v) is 6.41. The summed E-state index contributed by atoms with van der Waals surface area (Å²) in [6.45, 7) is 2.72. The van der Waals surface area contributed by atoms with Gasteiger partial charge in [-0.3, -0.25) is 9.59 Å². The summed E-state index contributed by atoms with van der Waals surface area (Å²) in [7, 11) is 0. The molecule has 1 aromatic heterocycles. The van der Waals surface area contributed by atoms with E-state index in [2.05, 4.69) is 10.3 Å². The highest BCUT2D eigenvalue weighted by Gasteiger charge is 2.32. The molecule has 2 amide bonds. The largest absolute Gasteiger partial charge is 0.365 e. The van der Waals surface area contributed by atoms with E-state index in [1.54, 1.807) is 26.6 Å². The predicted molar refractivity (Wildman–Crippen MR) is 122 cm³/mol. The zero-order chi connectivity index (χ0) is 22.8. The molecule has 0 radical (unpaired) electrons. The maximum atomic E-state index is 13.1. The number of amides is 2. The van der Waals surface area contributed by atoms with Gasteiger partial charge in [-0.15, -0.1) is 5.10 Å². The Bertz CT molecular complexity index is 1140. The fraction of sp³-hybridized carbons (Fsp3) is 0.333. The summed E-state index contributed by atoms with van der Waals surface area (Å²) in [5, 5.41) is 9.03. The van der Waals surface area contributed by atoms with Crippen molar-refractivity contribution >= 4 is 23.4 Å². The molecule has 2 aliphatic heterocycles. The van der Waals surface area contributed by atoms with Gasteiger partial charge < -0.3 is 14.5 Å². The molecule has 1 saturated heterocycles. The van der Waals surface area contributed by atoms with Gasteiger partial charge in [-0.25, -0.2) is 4.68 Å². The van der Waals surface area contributed by atoms with Crippen LogP contribution in [-0.4, -0.2) is 62.8 Å². The summed E-state index contributed by atoms with van der Waals surface area (Å²) < 4.78 is 7.77. The van der Waals surface area contributed by atoms with Crippen molar-refractivity contribution in [2.45, 2.75) is 25.7 Å². The first kappa shape index (κ1) is 21.6. The Balaban J connectivity index is 1.18. The van der Waals surface area contributed by atoms with Crippen molar-refractivity contribution in [1.29, 1.82) is 0 Å². The number of hydrogen-bond acceptors (Lipinski definition) is 5. The highest BCUT2D eigenvalue weighted by molar-refractivity contribution is 6.30. The van der Waals surface area contributed by atoms with Crippen LogP contribution >= 0.6 is 11.6 Å².